The van der Waals surface area contributed by atoms with Crippen LogP contribution in [-0.2, 0) is 0 Å². The van der Waals surface area contributed by atoms with Gasteiger partial charge in [-0.15, -0.1) is 0 Å². The SMILES string of the molecule is CCOc1cccc(C(NN)C2CN3CCN2CC3)c1. The average molecular weight is 276 g/mol. The van der Waals surface area contributed by atoms with Crippen LogP contribution in [-0.4, -0.2) is 55.2 Å². The molecule has 0 saturated carbocycles. The van der Waals surface area contributed by atoms with Gasteiger partial charge in [0.05, 0.1) is 12.6 Å². The van der Waals surface area contributed by atoms with Gasteiger partial charge in [-0.05, 0) is 24.6 Å². The third-order valence-corrected chi connectivity index (χ3v) is 4.41. The maximum Gasteiger partial charge on any atom is 0.119 e. The number of nitrogens with two attached hydrogens (primary N) is 1. The van der Waals surface area contributed by atoms with Crippen LogP contribution in [0.2, 0.25) is 0 Å². The standard InChI is InChI=1S/C15H24N4O/c1-2-20-13-5-3-4-12(10-13)15(17-16)14-11-18-6-8-19(14)9-7-18/h3-5,10,14-15,17H,2,6-9,11,16H2,1H3. The number of benzene rings is 1. The summed E-state index contributed by atoms with van der Waals surface area (Å²) in [4.78, 5) is 5.08. The van der Waals surface area contributed by atoms with Gasteiger partial charge in [0.15, 0.2) is 0 Å². The van der Waals surface area contributed by atoms with Crippen LogP contribution in [0.4, 0.5) is 0 Å². The van der Waals surface area contributed by atoms with E-state index in [1.807, 2.05) is 19.1 Å². The summed E-state index contributed by atoms with van der Waals surface area (Å²) in [5.74, 6) is 6.77. The normalized spacial score (nSPS) is 30.2. The maximum absolute atomic E-state index is 5.86. The zero-order valence-electron chi connectivity index (χ0n) is 12.1. The molecular weight excluding hydrogens is 252 g/mol. The van der Waals surface area contributed by atoms with Gasteiger partial charge >= 0.3 is 0 Å². The molecule has 20 heavy (non-hydrogen) atoms. The van der Waals surface area contributed by atoms with Gasteiger partial charge in [-0.3, -0.25) is 21.1 Å². The maximum atomic E-state index is 5.86. The highest BCUT2D eigenvalue weighted by Crippen LogP contribution is 2.28. The molecule has 3 aliphatic rings. The molecule has 0 spiro atoms. The van der Waals surface area contributed by atoms with E-state index >= 15 is 0 Å². The largest absolute Gasteiger partial charge is 0.494 e. The lowest BCUT2D eigenvalue weighted by Gasteiger charge is -2.50. The molecule has 1 aromatic carbocycles. The first-order valence-electron chi connectivity index (χ1n) is 7.47. The van der Waals surface area contributed by atoms with Gasteiger partial charge < -0.3 is 4.74 Å². The van der Waals surface area contributed by atoms with Crippen LogP contribution in [0, 0.1) is 0 Å². The molecular formula is C15H24N4O. The highest BCUT2D eigenvalue weighted by atomic mass is 16.5. The molecule has 110 valence electrons. The van der Waals surface area contributed by atoms with Gasteiger partial charge in [0.25, 0.3) is 0 Å². The van der Waals surface area contributed by atoms with Crippen molar-refractivity contribution in [1.29, 1.82) is 0 Å². The van der Waals surface area contributed by atoms with E-state index in [4.69, 9.17) is 10.6 Å². The minimum absolute atomic E-state index is 0.151. The van der Waals surface area contributed by atoms with Gasteiger partial charge in [0.2, 0.25) is 0 Å². The van der Waals surface area contributed by atoms with Gasteiger partial charge in [-0.2, -0.15) is 0 Å². The molecule has 0 amide bonds. The molecule has 0 radical (unpaired) electrons. The van der Waals surface area contributed by atoms with Crippen molar-refractivity contribution in [2.45, 2.75) is 19.0 Å². The summed E-state index contributed by atoms with van der Waals surface area (Å²) in [5.41, 5.74) is 4.22. The van der Waals surface area contributed by atoms with Crippen molar-refractivity contribution in [3.8, 4) is 5.75 Å². The summed E-state index contributed by atoms with van der Waals surface area (Å²) in [6, 6.07) is 8.87. The Bertz CT molecular complexity index is 445. The second-order valence-electron chi connectivity index (χ2n) is 5.55. The predicted octanol–water partition coefficient (Wildman–Crippen LogP) is 0.590. The fourth-order valence-electron chi connectivity index (χ4n) is 3.37. The number of ether oxygens (including phenoxy) is 1. The molecule has 5 heteroatoms. The first kappa shape index (κ1) is 13.8. The monoisotopic (exact) mass is 276 g/mol. The van der Waals surface area contributed by atoms with Gasteiger partial charge in [0, 0.05) is 38.8 Å². The number of nitrogens with zero attached hydrogens (tertiary/aromatic N) is 2. The summed E-state index contributed by atoms with van der Waals surface area (Å²) < 4.78 is 5.60. The summed E-state index contributed by atoms with van der Waals surface area (Å²) in [5, 5.41) is 0. The molecule has 3 aliphatic heterocycles. The summed E-state index contributed by atoms with van der Waals surface area (Å²) in [6.07, 6.45) is 0. The first-order valence-corrected chi connectivity index (χ1v) is 7.47. The number of hydrazine groups is 1. The number of hydrogen-bond acceptors (Lipinski definition) is 5. The fourth-order valence-corrected chi connectivity index (χ4v) is 3.37. The topological polar surface area (TPSA) is 53.8 Å². The van der Waals surface area contributed by atoms with Crippen molar-refractivity contribution in [3.63, 3.8) is 0 Å². The predicted molar refractivity (Wildman–Crippen MR) is 79.5 cm³/mol. The summed E-state index contributed by atoms with van der Waals surface area (Å²) in [6.45, 7) is 8.45. The zero-order chi connectivity index (χ0) is 13.9. The molecule has 1 aromatic rings. The molecule has 0 aromatic heterocycles. The summed E-state index contributed by atoms with van der Waals surface area (Å²) in [7, 11) is 0. The molecule has 3 fully saturated rings. The Labute approximate surface area is 120 Å². The van der Waals surface area contributed by atoms with Crippen molar-refractivity contribution in [3.05, 3.63) is 29.8 Å². The number of hydrogen-bond donors (Lipinski definition) is 2. The quantitative estimate of drug-likeness (QED) is 0.609. The second-order valence-corrected chi connectivity index (χ2v) is 5.55. The highest BCUT2D eigenvalue weighted by molar-refractivity contribution is 5.31. The Hall–Kier alpha value is -1.14. The minimum atomic E-state index is 0.151. The molecule has 2 atom stereocenters. The van der Waals surface area contributed by atoms with E-state index in [1.54, 1.807) is 0 Å². The van der Waals surface area contributed by atoms with Crippen molar-refractivity contribution >= 4 is 0 Å². The molecule has 5 nitrogen and oxygen atoms in total. The van der Waals surface area contributed by atoms with E-state index < -0.39 is 0 Å². The van der Waals surface area contributed by atoms with Crippen LogP contribution in [0.3, 0.4) is 0 Å². The van der Waals surface area contributed by atoms with Crippen LogP contribution in [0.5, 0.6) is 5.75 Å². The van der Waals surface area contributed by atoms with E-state index in [-0.39, 0.29) is 6.04 Å². The molecule has 3 heterocycles. The van der Waals surface area contributed by atoms with Crippen LogP contribution in [0.25, 0.3) is 0 Å². The number of fused-ring (bicyclic) bond motifs is 3. The summed E-state index contributed by atoms with van der Waals surface area (Å²) >= 11 is 0. The van der Waals surface area contributed by atoms with Gasteiger partial charge in [-0.25, -0.2) is 0 Å². The van der Waals surface area contributed by atoms with Crippen LogP contribution in [0.1, 0.15) is 18.5 Å². The highest BCUT2D eigenvalue weighted by Gasteiger charge is 2.37. The molecule has 2 unspecified atom stereocenters. The van der Waals surface area contributed by atoms with Crippen LogP contribution < -0.4 is 16.0 Å². The van der Waals surface area contributed by atoms with E-state index in [0.29, 0.717) is 12.6 Å². The molecule has 3 saturated heterocycles. The third-order valence-electron chi connectivity index (χ3n) is 4.41. The van der Waals surface area contributed by atoms with Crippen molar-refractivity contribution in [1.82, 2.24) is 15.2 Å². The van der Waals surface area contributed by atoms with Crippen LogP contribution >= 0.6 is 0 Å². The third kappa shape index (κ3) is 2.67. The Kier molecular flexibility index (Phi) is 4.21. The van der Waals surface area contributed by atoms with E-state index in [2.05, 4.69) is 27.4 Å². The van der Waals surface area contributed by atoms with Gasteiger partial charge in [0.1, 0.15) is 5.75 Å². The number of piperazine rings is 3. The molecule has 2 bridgehead atoms. The Morgan fingerprint density at radius 3 is 2.75 bits per heavy atom. The smallest absolute Gasteiger partial charge is 0.119 e. The minimum Gasteiger partial charge on any atom is -0.494 e. The number of rotatable bonds is 5. The lowest BCUT2D eigenvalue weighted by molar-refractivity contribution is -0.00372. The molecule has 3 N–H and O–H groups in total. The fraction of sp³-hybridized carbons (Fsp3) is 0.600. The van der Waals surface area contributed by atoms with E-state index in [1.165, 1.54) is 18.7 Å². The lowest BCUT2D eigenvalue weighted by atomic mass is 9.94. The Balaban J connectivity index is 1.80. The van der Waals surface area contributed by atoms with E-state index in [0.717, 1.165) is 25.4 Å². The number of nitrogens with one attached hydrogen (secondary N) is 1. The van der Waals surface area contributed by atoms with Crippen molar-refractivity contribution in [2.24, 2.45) is 5.84 Å². The zero-order valence-corrected chi connectivity index (χ0v) is 12.1. The van der Waals surface area contributed by atoms with Crippen molar-refractivity contribution in [2.75, 3.05) is 39.3 Å². The first-order chi connectivity index (χ1) is 9.81. The molecule has 4 rings (SSSR count). The Morgan fingerprint density at radius 1 is 1.35 bits per heavy atom. The van der Waals surface area contributed by atoms with Gasteiger partial charge in [-0.1, -0.05) is 12.1 Å². The Morgan fingerprint density at radius 2 is 2.15 bits per heavy atom. The van der Waals surface area contributed by atoms with E-state index in [9.17, 15) is 0 Å². The average Bonchev–Trinajstić information content (AvgIpc) is 2.50. The molecule has 0 aliphatic carbocycles. The second kappa shape index (κ2) is 6.10. The van der Waals surface area contributed by atoms with Crippen LogP contribution in [0.15, 0.2) is 24.3 Å². The van der Waals surface area contributed by atoms with Crippen molar-refractivity contribution < 1.29 is 4.74 Å². The lowest BCUT2D eigenvalue weighted by Crippen LogP contribution is -2.64.